The predicted octanol–water partition coefficient (Wildman–Crippen LogP) is 2.59. The van der Waals surface area contributed by atoms with E-state index in [4.69, 9.17) is 10.5 Å². The maximum absolute atomic E-state index is 12.0. The van der Waals surface area contributed by atoms with Gasteiger partial charge in [0.25, 0.3) is 5.91 Å². The number of rotatable bonds is 4. The molecule has 0 bridgehead atoms. The van der Waals surface area contributed by atoms with Crippen molar-refractivity contribution in [2.75, 3.05) is 12.3 Å². The first-order chi connectivity index (χ1) is 11.9. The SMILES string of the molecule is C[C@H]1CCCC[C@H]1NC(=O)NC(=O)COC(=O)c1cc(Br)ccc1N. The quantitative estimate of drug-likeness (QED) is 0.520. The number of esters is 1. The van der Waals surface area contributed by atoms with Crippen LogP contribution in [0, 0.1) is 5.92 Å². The highest BCUT2D eigenvalue weighted by atomic mass is 79.9. The van der Waals surface area contributed by atoms with Crippen molar-refractivity contribution in [3.63, 3.8) is 0 Å². The number of nitrogens with one attached hydrogen (secondary N) is 2. The summed E-state index contributed by atoms with van der Waals surface area (Å²) in [7, 11) is 0. The molecule has 136 valence electrons. The molecule has 1 aromatic rings. The molecule has 0 saturated heterocycles. The number of halogens is 1. The van der Waals surface area contributed by atoms with Crippen molar-refractivity contribution in [3.05, 3.63) is 28.2 Å². The Labute approximate surface area is 154 Å². The fourth-order valence-electron chi connectivity index (χ4n) is 2.81. The molecule has 1 fully saturated rings. The number of ether oxygens (including phenoxy) is 1. The van der Waals surface area contributed by atoms with Crippen molar-refractivity contribution in [3.8, 4) is 0 Å². The van der Waals surface area contributed by atoms with Crippen LogP contribution in [0.2, 0.25) is 0 Å². The molecule has 25 heavy (non-hydrogen) atoms. The number of carbonyl (C=O) groups excluding carboxylic acids is 3. The lowest BCUT2D eigenvalue weighted by atomic mass is 9.86. The minimum atomic E-state index is -0.727. The van der Waals surface area contributed by atoms with Crippen molar-refractivity contribution in [1.29, 1.82) is 0 Å². The topological polar surface area (TPSA) is 111 Å². The van der Waals surface area contributed by atoms with Gasteiger partial charge < -0.3 is 15.8 Å². The zero-order valence-electron chi connectivity index (χ0n) is 14.0. The number of benzene rings is 1. The van der Waals surface area contributed by atoms with Crippen LogP contribution in [0.1, 0.15) is 43.0 Å². The average molecular weight is 412 g/mol. The molecule has 0 heterocycles. The van der Waals surface area contributed by atoms with Gasteiger partial charge in [-0.3, -0.25) is 10.1 Å². The number of hydrogen-bond donors (Lipinski definition) is 3. The van der Waals surface area contributed by atoms with Crippen molar-refractivity contribution < 1.29 is 19.1 Å². The number of nitrogens with two attached hydrogens (primary N) is 1. The molecule has 0 aliphatic heterocycles. The van der Waals surface area contributed by atoms with Gasteiger partial charge in [0.05, 0.1) is 5.56 Å². The van der Waals surface area contributed by atoms with Crippen molar-refractivity contribution in [1.82, 2.24) is 10.6 Å². The van der Waals surface area contributed by atoms with E-state index in [2.05, 4.69) is 33.5 Å². The van der Waals surface area contributed by atoms with Crippen LogP contribution in [0.3, 0.4) is 0 Å². The molecule has 0 aromatic heterocycles. The van der Waals surface area contributed by atoms with Crippen LogP contribution >= 0.6 is 15.9 Å². The molecule has 3 amide bonds. The van der Waals surface area contributed by atoms with Gasteiger partial charge in [-0.25, -0.2) is 9.59 Å². The van der Waals surface area contributed by atoms with E-state index in [-0.39, 0.29) is 17.3 Å². The minimum Gasteiger partial charge on any atom is -0.452 e. The van der Waals surface area contributed by atoms with Crippen LogP contribution in [0.25, 0.3) is 0 Å². The monoisotopic (exact) mass is 411 g/mol. The van der Waals surface area contributed by atoms with Gasteiger partial charge in [-0.05, 0) is 37.0 Å². The number of carbonyl (C=O) groups is 3. The van der Waals surface area contributed by atoms with Crippen LogP contribution in [-0.4, -0.2) is 30.6 Å². The fraction of sp³-hybridized carbons (Fsp3) is 0.471. The molecule has 1 aliphatic carbocycles. The van der Waals surface area contributed by atoms with Crippen LogP contribution < -0.4 is 16.4 Å². The van der Waals surface area contributed by atoms with Crippen LogP contribution in [0.15, 0.2) is 22.7 Å². The molecule has 8 heteroatoms. The van der Waals surface area contributed by atoms with E-state index in [1.807, 2.05) is 0 Å². The normalized spacial score (nSPS) is 19.8. The molecule has 4 N–H and O–H groups in total. The Morgan fingerprint density at radius 2 is 2.00 bits per heavy atom. The molecule has 1 aromatic carbocycles. The molecule has 7 nitrogen and oxygen atoms in total. The van der Waals surface area contributed by atoms with Gasteiger partial charge in [-0.2, -0.15) is 0 Å². The number of urea groups is 1. The Morgan fingerprint density at radius 3 is 2.72 bits per heavy atom. The zero-order valence-corrected chi connectivity index (χ0v) is 15.6. The van der Waals surface area contributed by atoms with E-state index in [1.54, 1.807) is 12.1 Å². The largest absolute Gasteiger partial charge is 0.452 e. The molecular formula is C17H22BrN3O4. The van der Waals surface area contributed by atoms with Gasteiger partial charge in [0.1, 0.15) is 0 Å². The summed E-state index contributed by atoms with van der Waals surface area (Å²) in [6, 6.07) is 4.24. The standard InChI is InChI=1S/C17H22BrN3O4/c1-10-4-2-3-5-14(10)20-17(24)21-15(22)9-25-16(23)12-8-11(18)6-7-13(12)19/h6-8,10,14H,2-5,9,19H2,1H3,(H2,20,21,22,24)/t10-,14+/m0/s1. The lowest BCUT2D eigenvalue weighted by molar-refractivity contribution is -0.123. The van der Waals surface area contributed by atoms with Crippen LogP contribution in [0.4, 0.5) is 10.5 Å². The first-order valence-electron chi connectivity index (χ1n) is 8.19. The van der Waals surface area contributed by atoms with Gasteiger partial charge in [0.2, 0.25) is 0 Å². The summed E-state index contributed by atoms with van der Waals surface area (Å²) in [6.45, 7) is 1.52. The summed E-state index contributed by atoms with van der Waals surface area (Å²) >= 11 is 3.23. The smallest absolute Gasteiger partial charge is 0.340 e. The lowest BCUT2D eigenvalue weighted by Crippen LogP contribution is -2.48. The molecular weight excluding hydrogens is 390 g/mol. The molecule has 1 saturated carbocycles. The first-order valence-corrected chi connectivity index (χ1v) is 8.98. The summed E-state index contributed by atoms with van der Waals surface area (Å²) in [5, 5.41) is 4.97. The maximum Gasteiger partial charge on any atom is 0.340 e. The molecule has 1 aliphatic rings. The second-order valence-corrected chi connectivity index (χ2v) is 7.11. The van der Waals surface area contributed by atoms with Gasteiger partial charge in [0, 0.05) is 16.2 Å². The Morgan fingerprint density at radius 1 is 1.28 bits per heavy atom. The number of hydrogen-bond acceptors (Lipinski definition) is 5. The average Bonchev–Trinajstić information content (AvgIpc) is 2.57. The minimum absolute atomic E-state index is 0.0607. The van der Waals surface area contributed by atoms with Gasteiger partial charge in [0.15, 0.2) is 6.61 Å². The van der Waals surface area contributed by atoms with Crippen LogP contribution in [0.5, 0.6) is 0 Å². The lowest BCUT2D eigenvalue weighted by Gasteiger charge is -2.29. The predicted molar refractivity (Wildman–Crippen MR) is 96.9 cm³/mol. The molecule has 2 atom stereocenters. The second kappa shape index (κ2) is 8.84. The molecule has 0 radical (unpaired) electrons. The van der Waals surface area contributed by atoms with Crippen LogP contribution in [-0.2, 0) is 9.53 Å². The third-order valence-electron chi connectivity index (χ3n) is 4.25. The zero-order chi connectivity index (χ0) is 18.4. The first kappa shape index (κ1) is 19.2. The van der Waals surface area contributed by atoms with Gasteiger partial charge in [-0.15, -0.1) is 0 Å². The number of anilines is 1. The summed E-state index contributed by atoms with van der Waals surface area (Å²) in [5.74, 6) is -1.04. The van der Waals surface area contributed by atoms with E-state index >= 15 is 0 Å². The highest BCUT2D eigenvalue weighted by molar-refractivity contribution is 9.10. The van der Waals surface area contributed by atoms with Gasteiger partial charge >= 0.3 is 12.0 Å². The maximum atomic E-state index is 12.0. The second-order valence-electron chi connectivity index (χ2n) is 6.20. The van der Waals surface area contributed by atoms with E-state index in [1.165, 1.54) is 6.07 Å². The molecule has 0 spiro atoms. The van der Waals surface area contributed by atoms with Crippen molar-refractivity contribution >= 4 is 39.5 Å². The van der Waals surface area contributed by atoms with E-state index < -0.39 is 24.5 Å². The van der Waals surface area contributed by atoms with Gasteiger partial charge in [-0.1, -0.05) is 35.7 Å². The molecule has 2 rings (SSSR count). The number of nitrogen functional groups attached to an aromatic ring is 1. The van der Waals surface area contributed by atoms with Crippen molar-refractivity contribution in [2.45, 2.75) is 38.6 Å². The Kier molecular flexibility index (Phi) is 6.81. The summed E-state index contributed by atoms with van der Waals surface area (Å²) < 4.78 is 5.57. The Balaban J connectivity index is 1.79. The van der Waals surface area contributed by atoms with E-state index in [0.29, 0.717) is 10.4 Å². The number of amides is 3. The highest BCUT2D eigenvalue weighted by Crippen LogP contribution is 2.23. The van der Waals surface area contributed by atoms with E-state index in [9.17, 15) is 14.4 Å². The fourth-order valence-corrected chi connectivity index (χ4v) is 3.17. The Bertz CT molecular complexity index is 665. The highest BCUT2D eigenvalue weighted by Gasteiger charge is 2.23. The summed E-state index contributed by atoms with van der Waals surface area (Å²) in [6.07, 6.45) is 4.19. The summed E-state index contributed by atoms with van der Waals surface area (Å²) in [4.78, 5) is 35.6. The number of imide groups is 1. The molecule has 0 unspecified atom stereocenters. The summed E-state index contributed by atoms with van der Waals surface area (Å²) in [5.41, 5.74) is 6.11. The Hall–Kier alpha value is -2.09. The third-order valence-corrected chi connectivity index (χ3v) is 4.74. The third kappa shape index (κ3) is 5.74. The van der Waals surface area contributed by atoms with E-state index in [0.717, 1.165) is 25.7 Å². The van der Waals surface area contributed by atoms with Crippen molar-refractivity contribution in [2.24, 2.45) is 5.92 Å².